The number of hydrogen-bond acceptors (Lipinski definition) is 3. The zero-order chi connectivity index (χ0) is 8.97. The van der Waals surface area contributed by atoms with Crippen molar-refractivity contribution >= 4 is 17.7 Å². The van der Waals surface area contributed by atoms with Crippen LogP contribution in [0.4, 0.5) is 0 Å². The van der Waals surface area contributed by atoms with Gasteiger partial charge in [-0.15, -0.1) is 11.8 Å². The minimum absolute atomic E-state index is 0.288. The van der Waals surface area contributed by atoms with Crippen LogP contribution >= 0.6 is 11.8 Å². The Morgan fingerprint density at radius 1 is 1.75 bits per heavy atom. The minimum atomic E-state index is -0.288. The second kappa shape index (κ2) is 4.21. The highest BCUT2D eigenvalue weighted by Gasteiger charge is 2.02. The van der Waals surface area contributed by atoms with E-state index in [9.17, 15) is 4.79 Å². The molecule has 1 aromatic heterocycles. The highest BCUT2D eigenvalue weighted by molar-refractivity contribution is 7.99. The first kappa shape index (κ1) is 9.19. The molecule has 0 saturated heterocycles. The summed E-state index contributed by atoms with van der Waals surface area (Å²) in [6.07, 6.45) is 1.65. The van der Waals surface area contributed by atoms with Crippen molar-refractivity contribution in [2.75, 3.05) is 5.75 Å². The first-order chi connectivity index (χ1) is 5.70. The molecular weight excluding hydrogens is 174 g/mol. The predicted molar refractivity (Wildman–Crippen MR) is 48.8 cm³/mol. The second-order valence-electron chi connectivity index (χ2n) is 2.49. The van der Waals surface area contributed by atoms with E-state index in [0.29, 0.717) is 11.5 Å². The second-order valence-corrected chi connectivity index (χ2v) is 3.47. The van der Waals surface area contributed by atoms with E-state index in [1.807, 2.05) is 13.0 Å². The van der Waals surface area contributed by atoms with Crippen LogP contribution in [-0.4, -0.2) is 11.7 Å². The van der Waals surface area contributed by atoms with Crippen LogP contribution in [0.15, 0.2) is 16.7 Å². The molecule has 0 bridgehead atoms. The minimum Gasteiger partial charge on any atom is -0.468 e. The van der Waals surface area contributed by atoms with Crippen molar-refractivity contribution in [1.29, 1.82) is 0 Å². The summed E-state index contributed by atoms with van der Waals surface area (Å²) in [6.45, 7) is 1.98. The van der Waals surface area contributed by atoms with Gasteiger partial charge in [0.1, 0.15) is 5.76 Å². The molecule has 4 heteroatoms. The molecule has 3 nitrogen and oxygen atoms in total. The van der Waals surface area contributed by atoms with Crippen molar-refractivity contribution in [1.82, 2.24) is 0 Å². The third-order valence-corrected chi connectivity index (χ3v) is 2.40. The molecule has 0 saturated carbocycles. The topological polar surface area (TPSA) is 56.2 Å². The van der Waals surface area contributed by atoms with Crippen LogP contribution in [-0.2, 0) is 10.5 Å². The molecule has 0 atom stereocenters. The lowest BCUT2D eigenvalue weighted by Gasteiger charge is -1.96. The third kappa shape index (κ3) is 2.62. The van der Waals surface area contributed by atoms with Gasteiger partial charge in [-0.1, -0.05) is 0 Å². The first-order valence-electron chi connectivity index (χ1n) is 3.59. The number of carbonyl (C=O) groups is 1. The average molecular weight is 185 g/mol. The zero-order valence-electron chi connectivity index (χ0n) is 6.87. The highest BCUT2D eigenvalue weighted by atomic mass is 32.2. The number of furan rings is 1. The maximum Gasteiger partial charge on any atom is 0.227 e. The van der Waals surface area contributed by atoms with Gasteiger partial charge < -0.3 is 10.2 Å². The van der Waals surface area contributed by atoms with E-state index < -0.39 is 0 Å². The van der Waals surface area contributed by atoms with Crippen molar-refractivity contribution < 1.29 is 9.21 Å². The van der Waals surface area contributed by atoms with E-state index in [-0.39, 0.29) is 5.91 Å². The molecule has 0 aromatic carbocycles. The maximum absolute atomic E-state index is 10.4. The predicted octanol–water partition coefficient (Wildman–Crippen LogP) is 1.31. The van der Waals surface area contributed by atoms with Gasteiger partial charge in [0.15, 0.2) is 0 Å². The van der Waals surface area contributed by atoms with Crippen LogP contribution in [0.3, 0.4) is 0 Å². The Bertz CT molecular complexity index is 270. The number of rotatable bonds is 4. The molecule has 66 valence electrons. The van der Waals surface area contributed by atoms with E-state index in [1.54, 1.807) is 6.26 Å². The molecule has 12 heavy (non-hydrogen) atoms. The van der Waals surface area contributed by atoms with E-state index in [1.165, 1.54) is 11.8 Å². The van der Waals surface area contributed by atoms with Crippen LogP contribution in [0, 0.1) is 6.92 Å². The molecule has 0 unspecified atom stereocenters. The summed E-state index contributed by atoms with van der Waals surface area (Å²) < 4.78 is 5.17. The summed E-state index contributed by atoms with van der Waals surface area (Å²) >= 11 is 1.46. The third-order valence-electron chi connectivity index (χ3n) is 1.45. The largest absolute Gasteiger partial charge is 0.468 e. The molecule has 1 aromatic rings. The Labute approximate surface area is 75.3 Å². The van der Waals surface area contributed by atoms with Gasteiger partial charge in [-0.05, 0) is 18.6 Å². The summed E-state index contributed by atoms with van der Waals surface area (Å²) in [5.41, 5.74) is 6.10. The molecule has 1 rings (SSSR count). The molecule has 0 radical (unpaired) electrons. The molecule has 0 aliphatic rings. The Hall–Kier alpha value is -0.900. The molecule has 2 N–H and O–H groups in total. The van der Waals surface area contributed by atoms with Gasteiger partial charge >= 0.3 is 0 Å². The molecule has 1 heterocycles. The van der Waals surface area contributed by atoms with Crippen LogP contribution in [0.25, 0.3) is 0 Å². The van der Waals surface area contributed by atoms with Gasteiger partial charge in [-0.25, -0.2) is 0 Å². The summed E-state index contributed by atoms with van der Waals surface area (Å²) in [5.74, 6) is 1.69. The number of thioether (sulfide) groups is 1. The Morgan fingerprint density at radius 2 is 2.50 bits per heavy atom. The molecule has 0 spiro atoms. The normalized spacial score (nSPS) is 10.1. The smallest absolute Gasteiger partial charge is 0.227 e. The van der Waals surface area contributed by atoms with Crippen LogP contribution < -0.4 is 5.73 Å². The van der Waals surface area contributed by atoms with Crippen molar-refractivity contribution in [2.24, 2.45) is 5.73 Å². The SMILES string of the molecule is Cc1ccoc1CSCC(N)=O. The van der Waals surface area contributed by atoms with Crippen molar-refractivity contribution in [3.8, 4) is 0 Å². The van der Waals surface area contributed by atoms with Crippen LogP contribution in [0.2, 0.25) is 0 Å². The number of carbonyl (C=O) groups excluding carboxylic acids is 1. The molecule has 0 aliphatic heterocycles. The Kier molecular flexibility index (Phi) is 3.22. The number of hydrogen-bond donors (Lipinski definition) is 1. The Balaban J connectivity index is 2.33. The van der Waals surface area contributed by atoms with Gasteiger partial charge in [0.2, 0.25) is 5.91 Å². The fourth-order valence-corrected chi connectivity index (χ4v) is 1.58. The molecule has 1 amide bonds. The Morgan fingerprint density at radius 3 is 3.00 bits per heavy atom. The molecule has 0 aliphatic carbocycles. The van der Waals surface area contributed by atoms with Gasteiger partial charge in [0, 0.05) is 0 Å². The standard InChI is InChI=1S/C8H11NO2S/c1-6-2-3-11-7(6)4-12-5-8(9)10/h2-3H,4-5H2,1H3,(H2,9,10). The summed E-state index contributed by atoms with van der Waals surface area (Å²) in [4.78, 5) is 10.4. The summed E-state index contributed by atoms with van der Waals surface area (Å²) in [5, 5.41) is 0. The lowest BCUT2D eigenvalue weighted by atomic mass is 10.3. The van der Waals surface area contributed by atoms with Crippen molar-refractivity contribution in [3.05, 3.63) is 23.7 Å². The fraction of sp³-hybridized carbons (Fsp3) is 0.375. The van der Waals surface area contributed by atoms with Gasteiger partial charge in [0.25, 0.3) is 0 Å². The van der Waals surface area contributed by atoms with Crippen molar-refractivity contribution in [3.63, 3.8) is 0 Å². The fourth-order valence-electron chi connectivity index (χ4n) is 0.796. The lowest BCUT2D eigenvalue weighted by Crippen LogP contribution is -2.13. The van der Waals surface area contributed by atoms with Crippen molar-refractivity contribution in [2.45, 2.75) is 12.7 Å². The van der Waals surface area contributed by atoms with Gasteiger partial charge in [-0.2, -0.15) is 0 Å². The van der Waals surface area contributed by atoms with Gasteiger partial charge in [0.05, 0.1) is 17.8 Å². The van der Waals surface area contributed by atoms with E-state index in [2.05, 4.69) is 0 Å². The lowest BCUT2D eigenvalue weighted by molar-refractivity contribution is -0.115. The summed E-state index contributed by atoms with van der Waals surface area (Å²) in [6, 6.07) is 1.90. The van der Waals surface area contributed by atoms with E-state index in [0.717, 1.165) is 11.3 Å². The average Bonchev–Trinajstić information content (AvgIpc) is 2.36. The van der Waals surface area contributed by atoms with Gasteiger partial charge in [-0.3, -0.25) is 4.79 Å². The number of aryl methyl sites for hydroxylation is 1. The number of primary amides is 1. The first-order valence-corrected chi connectivity index (χ1v) is 4.74. The molecular formula is C8H11NO2S. The zero-order valence-corrected chi connectivity index (χ0v) is 7.69. The quantitative estimate of drug-likeness (QED) is 0.769. The van der Waals surface area contributed by atoms with E-state index in [4.69, 9.17) is 10.2 Å². The summed E-state index contributed by atoms with van der Waals surface area (Å²) in [7, 11) is 0. The number of nitrogens with two attached hydrogens (primary N) is 1. The monoisotopic (exact) mass is 185 g/mol. The van der Waals surface area contributed by atoms with Crippen LogP contribution in [0.5, 0.6) is 0 Å². The highest BCUT2D eigenvalue weighted by Crippen LogP contribution is 2.16. The molecule has 0 fully saturated rings. The van der Waals surface area contributed by atoms with Crippen LogP contribution in [0.1, 0.15) is 11.3 Å². The maximum atomic E-state index is 10.4. The number of amides is 1. The van der Waals surface area contributed by atoms with E-state index >= 15 is 0 Å².